The van der Waals surface area contributed by atoms with Gasteiger partial charge in [-0.15, -0.1) is 5.32 Å². The zero-order chi connectivity index (χ0) is 10.8. The van der Waals surface area contributed by atoms with Crippen LogP contribution < -0.4 is 11.1 Å². The summed E-state index contributed by atoms with van der Waals surface area (Å²) in [5, 5.41) is 11.8. The highest BCUT2D eigenvalue weighted by Crippen LogP contribution is 2.26. The molecule has 1 heterocycles. The van der Waals surface area contributed by atoms with E-state index in [9.17, 15) is 4.79 Å². The highest BCUT2D eigenvalue weighted by atomic mass is 16.4. The van der Waals surface area contributed by atoms with E-state index in [0.717, 1.165) is 16.8 Å². The van der Waals surface area contributed by atoms with Crippen LogP contribution in [-0.2, 0) is 4.79 Å². The van der Waals surface area contributed by atoms with Crippen LogP contribution >= 0.6 is 0 Å². The van der Waals surface area contributed by atoms with Gasteiger partial charge < -0.3 is 10.8 Å². The van der Waals surface area contributed by atoms with Gasteiger partial charge in [-0.1, -0.05) is 12.1 Å². The number of carbonyl (C=O) groups is 1. The largest absolute Gasteiger partial charge is 0.480 e. The Morgan fingerprint density at radius 3 is 2.93 bits per heavy atom. The van der Waals surface area contributed by atoms with E-state index in [1.807, 2.05) is 30.5 Å². The fraction of sp³-hybridized carbons (Fsp3) is 0.182. The predicted molar refractivity (Wildman–Crippen MR) is 55.3 cm³/mol. The van der Waals surface area contributed by atoms with E-state index in [1.165, 1.54) is 0 Å². The first-order chi connectivity index (χ1) is 7.18. The third-order valence-electron chi connectivity index (χ3n) is 2.43. The molecule has 1 atom stereocenters. The zero-order valence-electron chi connectivity index (χ0n) is 8.10. The van der Waals surface area contributed by atoms with Crippen LogP contribution in [-0.4, -0.2) is 17.1 Å². The van der Waals surface area contributed by atoms with Gasteiger partial charge in [0.15, 0.2) is 11.9 Å². The molecular weight excluding hydrogens is 192 g/mol. The van der Waals surface area contributed by atoms with Crippen LogP contribution in [0.15, 0.2) is 30.5 Å². The Labute approximate surface area is 87.4 Å². The van der Waals surface area contributed by atoms with Crippen molar-refractivity contribution in [1.82, 2.24) is 0 Å². The minimum absolute atomic E-state index is 0.347. The fourth-order valence-electron chi connectivity index (χ4n) is 1.62. The standard InChI is InChI=1S/C11H12N2O2/c12-9(11(14)15)5-7-6-13-10-4-2-1-3-8(7)10/h1-4,6,9,13H,5,12H2,(H,14,15)/q+1. The Balaban J connectivity index is 2.17. The maximum atomic E-state index is 10.6. The Hall–Kier alpha value is -1.65. The number of fused-ring (bicyclic) bond motifs is 1. The number of carboxylic acids is 1. The molecule has 77 valence electrons. The Bertz CT molecular complexity index is 426. The van der Waals surface area contributed by atoms with Gasteiger partial charge in [-0.05, 0) is 6.07 Å². The predicted octanol–water partition coefficient (Wildman–Crippen LogP) is -0.176. The minimum atomic E-state index is -0.972. The van der Waals surface area contributed by atoms with E-state index in [2.05, 4.69) is 5.32 Å². The quantitative estimate of drug-likeness (QED) is 0.639. The molecule has 1 aliphatic heterocycles. The van der Waals surface area contributed by atoms with Gasteiger partial charge in [0.1, 0.15) is 6.04 Å². The van der Waals surface area contributed by atoms with Crippen molar-refractivity contribution in [2.24, 2.45) is 5.73 Å². The average molecular weight is 204 g/mol. The molecule has 0 amide bonds. The molecule has 1 unspecified atom stereocenters. The fourth-order valence-corrected chi connectivity index (χ4v) is 1.62. The highest BCUT2D eigenvalue weighted by molar-refractivity contribution is 5.80. The van der Waals surface area contributed by atoms with Crippen molar-refractivity contribution in [2.75, 3.05) is 0 Å². The zero-order valence-corrected chi connectivity index (χ0v) is 8.10. The number of hydrogen-bond donors (Lipinski definition) is 3. The van der Waals surface area contributed by atoms with Crippen molar-refractivity contribution in [3.63, 3.8) is 0 Å². The van der Waals surface area contributed by atoms with Gasteiger partial charge in [-0.3, -0.25) is 4.79 Å². The summed E-state index contributed by atoms with van der Waals surface area (Å²) in [6, 6.07) is 6.91. The molecule has 1 aromatic rings. The van der Waals surface area contributed by atoms with Crippen molar-refractivity contribution in [3.05, 3.63) is 36.0 Å². The van der Waals surface area contributed by atoms with Crippen molar-refractivity contribution in [1.29, 1.82) is 0 Å². The molecule has 0 fully saturated rings. The number of carboxylic acid groups (broad SMARTS) is 1. The summed E-state index contributed by atoms with van der Waals surface area (Å²) < 4.78 is 0. The van der Waals surface area contributed by atoms with Crippen LogP contribution in [0.3, 0.4) is 0 Å². The smallest absolute Gasteiger partial charge is 0.320 e. The molecular formula is C11H12N2O2+. The van der Waals surface area contributed by atoms with Crippen molar-refractivity contribution in [2.45, 2.75) is 12.5 Å². The monoisotopic (exact) mass is 204 g/mol. The number of para-hydroxylation sites is 1. The van der Waals surface area contributed by atoms with E-state index in [0.29, 0.717) is 6.42 Å². The van der Waals surface area contributed by atoms with Crippen LogP contribution in [0.25, 0.3) is 5.57 Å². The van der Waals surface area contributed by atoms with Crippen LogP contribution in [0, 0.1) is 0 Å². The van der Waals surface area contributed by atoms with E-state index in [-0.39, 0.29) is 0 Å². The SMILES string of the molecule is NC(CC1=C[NH+]c2ccccc21)C(=O)O. The molecule has 0 aliphatic carbocycles. The summed E-state index contributed by atoms with van der Waals surface area (Å²) in [4.78, 5) is 10.6. The molecule has 4 nitrogen and oxygen atoms in total. The topological polar surface area (TPSA) is 78.9 Å². The summed E-state index contributed by atoms with van der Waals surface area (Å²) >= 11 is 0. The second-order valence-electron chi connectivity index (χ2n) is 3.51. The van der Waals surface area contributed by atoms with Crippen LogP contribution in [0.5, 0.6) is 0 Å². The number of nitrogens with two attached hydrogens (primary N) is 1. The number of anilines is 1. The molecule has 2 rings (SSSR count). The summed E-state index contributed by atoms with van der Waals surface area (Å²) in [7, 11) is 0. The van der Waals surface area contributed by atoms with Crippen LogP contribution in [0.2, 0.25) is 0 Å². The summed E-state index contributed by atoms with van der Waals surface area (Å²) in [6.45, 7) is 0. The second-order valence-corrected chi connectivity index (χ2v) is 3.51. The molecule has 0 aromatic heterocycles. The molecule has 1 aromatic carbocycles. The first-order valence-electron chi connectivity index (χ1n) is 4.72. The maximum absolute atomic E-state index is 10.6. The first-order valence-corrected chi connectivity index (χ1v) is 4.72. The van der Waals surface area contributed by atoms with E-state index < -0.39 is 12.0 Å². The number of benzene rings is 1. The number of hydrogen-bond acceptors (Lipinski definition) is 3. The van der Waals surface area contributed by atoms with Crippen LogP contribution in [0.4, 0.5) is 5.69 Å². The van der Waals surface area contributed by atoms with Gasteiger partial charge in [-0.2, -0.15) is 0 Å². The van der Waals surface area contributed by atoms with Gasteiger partial charge in [0, 0.05) is 23.6 Å². The number of nitrogens with one attached hydrogen (secondary N) is 1. The normalized spacial score (nSPS) is 15.7. The molecule has 0 bridgehead atoms. The first kappa shape index (κ1) is 9.89. The van der Waals surface area contributed by atoms with Gasteiger partial charge in [-0.25, -0.2) is 0 Å². The molecule has 4 N–H and O–H groups in total. The lowest BCUT2D eigenvalue weighted by Crippen LogP contribution is -2.69. The molecule has 4 heteroatoms. The van der Waals surface area contributed by atoms with Gasteiger partial charge in [0.2, 0.25) is 0 Å². The lowest BCUT2D eigenvalue weighted by Gasteiger charge is -2.05. The Morgan fingerprint density at radius 2 is 2.20 bits per heavy atom. The number of aliphatic carboxylic acids is 1. The van der Waals surface area contributed by atoms with Gasteiger partial charge in [0.25, 0.3) is 0 Å². The third kappa shape index (κ3) is 1.91. The molecule has 1 aliphatic rings. The highest BCUT2D eigenvalue weighted by Gasteiger charge is 2.24. The number of rotatable bonds is 3. The molecule has 0 spiro atoms. The van der Waals surface area contributed by atoms with E-state index in [4.69, 9.17) is 10.8 Å². The lowest BCUT2D eigenvalue weighted by molar-refractivity contribution is -0.491. The van der Waals surface area contributed by atoms with E-state index >= 15 is 0 Å². The van der Waals surface area contributed by atoms with Crippen molar-refractivity contribution >= 4 is 17.2 Å². The lowest BCUT2D eigenvalue weighted by atomic mass is 10.0. The maximum Gasteiger partial charge on any atom is 0.320 e. The second kappa shape index (κ2) is 3.84. The molecule has 15 heavy (non-hydrogen) atoms. The molecule has 1 radical (unpaired) electrons. The van der Waals surface area contributed by atoms with Gasteiger partial charge in [0.05, 0.1) is 0 Å². The summed E-state index contributed by atoms with van der Waals surface area (Å²) in [5.74, 6) is -0.972. The summed E-state index contributed by atoms with van der Waals surface area (Å²) in [5.41, 5.74) is 8.47. The minimum Gasteiger partial charge on any atom is -0.480 e. The Morgan fingerprint density at radius 1 is 1.47 bits per heavy atom. The molecule has 0 saturated heterocycles. The van der Waals surface area contributed by atoms with Crippen molar-refractivity contribution in [3.8, 4) is 0 Å². The third-order valence-corrected chi connectivity index (χ3v) is 2.43. The summed E-state index contributed by atoms with van der Waals surface area (Å²) in [6.07, 6.45) is 2.16. The van der Waals surface area contributed by atoms with Gasteiger partial charge >= 0.3 is 5.97 Å². The van der Waals surface area contributed by atoms with Crippen LogP contribution in [0.1, 0.15) is 12.0 Å². The Kier molecular flexibility index (Phi) is 2.53. The van der Waals surface area contributed by atoms with E-state index in [1.54, 1.807) is 0 Å². The average Bonchev–Trinajstić information content (AvgIpc) is 2.62. The van der Waals surface area contributed by atoms with Crippen molar-refractivity contribution < 1.29 is 15.2 Å². The molecule has 0 saturated carbocycles.